The molecule has 0 atom stereocenters. The lowest BCUT2D eigenvalue weighted by atomic mass is 9.95. The van der Waals surface area contributed by atoms with Crippen LogP contribution in [0, 0.1) is 5.82 Å². The number of rotatable bonds is 9. The molecule has 0 spiro atoms. The molecule has 1 aliphatic carbocycles. The minimum absolute atomic E-state index is 0.248. The van der Waals surface area contributed by atoms with Gasteiger partial charge >= 0.3 is 0 Å². The topological polar surface area (TPSA) is 73.2 Å². The van der Waals surface area contributed by atoms with Gasteiger partial charge in [-0.15, -0.1) is 0 Å². The SMILES string of the molecule is O=C(NCCSCc1ccco1)c1ccc(-c2c(-c3ccc(F)cc3)ncn2C2CCCCC2)o1. The quantitative estimate of drug-likeness (QED) is 0.262. The predicted molar refractivity (Wildman–Crippen MR) is 135 cm³/mol. The van der Waals surface area contributed by atoms with Crippen LogP contribution >= 0.6 is 11.8 Å². The van der Waals surface area contributed by atoms with Crippen LogP contribution in [0.3, 0.4) is 0 Å². The Labute approximate surface area is 207 Å². The summed E-state index contributed by atoms with van der Waals surface area (Å²) in [4.78, 5) is 17.4. The molecule has 35 heavy (non-hydrogen) atoms. The monoisotopic (exact) mass is 493 g/mol. The third-order valence-electron chi connectivity index (χ3n) is 6.30. The van der Waals surface area contributed by atoms with Gasteiger partial charge in [0.2, 0.25) is 0 Å². The first kappa shape index (κ1) is 23.5. The molecular formula is C27H28FN3O3S. The van der Waals surface area contributed by atoms with E-state index >= 15 is 0 Å². The average molecular weight is 494 g/mol. The van der Waals surface area contributed by atoms with Gasteiger partial charge in [-0.25, -0.2) is 9.37 Å². The first-order chi connectivity index (χ1) is 17.2. The van der Waals surface area contributed by atoms with Crippen LogP contribution in [0.5, 0.6) is 0 Å². The lowest BCUT2D eigenvalue weighted by Gasteiger charge is -2.24. The minimum Gasteiger partial charge on any atom is -0.468 e. The molecule has 0 bridgehead atoms. The van der Waals surface area contributed by atoms with Gasteiger partial charge < -0.3 is 18.7 Å². The molecule has 6 nitrogen and oxygen atoms in total. The van der Waals surface area contributed by atoms with Crippen molar-refractivity contribution >= 4 is 17.7 Å². The summed E-state index contributed by atoms with van der Waals surface area (Å²) in [6.45, 7) is 0.529. The lowest BCUT2D eigenvalue weighted by molar-refractivity contribution is 0.0929. The number of carbonyl (C=O) groups excluding carboxylic acids is 1. The van der Waals surface area contributed by atoms with E-state index in [2.05, 4.69) is 14.9 Å². The number of amides is 1. The van der Waals surface area contributed by atoms with Crippen molar-refractivity contribution in [2.24, 2.45) is 0 Å². The van der Waals surface area contributed by atoms with E-state index in [4.69, 9.17) is 8.83 Å². The van der Waals surface area contributed by atoms with Crippen LogP contribution < -0.4 is 5.32 Å². The largest absolute Gasteiger partial charge is 0.468 e. The molecule has 1 amide bonds. The van der Waals surface area contributed by atoms with Crippen molar-refractivity contribution < 1.29 is 18.0 Å². The number of benzene rings is 1. The van der Waals surface area contributed by atoms with Gasteiger partial charge in [0.05, 0.1) is 24.0 Å². The molecule has 0 aliphatic heterocycles. The Balaban J connectivity index is 1.32. The van der Waals surface area contributed by atoms with E-state index in [1.165, 1.54) is 31.4 Å². The normalized spacial score (nSPS) is 14.3. The van der Waals surface area contributed by atoms with E-state index in [1.54, 1.807) is 36.2 Å². The summed E-state index contributed by atoms with van der Waals surface area (Å²) in [6, 6.07) is 14.0. The fourth-order valence-corrected chi connectivity index (χ4v) is 5.29. The summed E-state index contributed by atoms with van der Waals surface area (Å²) >= 11 is 1.69. The van der Waals surface area contributed by atoms with Gasteiger partial charge in [-0.1, -0.05) is 19.3 Å². The van der Waals surface area contributed by atoms with Gasteiger partial charge in [-0.2, -0.15) is 11.8 Å². The van der Waals surface area contributed by atoms with Gasteiger partial charge in [-0.05, 0) is 61.4 Å². The highest BCUT2D eigenvalue weighted by atomic mass is 32.2. The number of halogens is 1. The van der Waals surface area contributed by atoms with Crippen molar-refractivity contribution in [1.29, 1.82) is 0 Å². The molecule has 1 aliphatic rings. The van der Waals surface area contributed by atoms with E-state index in [9.17, 15) is 9.18 Å². The van der Waals surface area contributed by atoms with Gasteiger partial charge in [-0.3, -0.25) is 4.79 Å². The molecule has 0 radical (unpaired) electrons. The molecular weight excluding hydrogens is 465 g/mol. The van der Waals surface area contributed by atoms with Crippen molar-refractivity contribution in [2.45, 2.75) is 43.9 Å². The highest BCUT2D eigenvalue weighted by Gasteiger charge is 2.25. The second kappa shape index (κ2) is 11.0. The van der Waals surface area contributed by atoms with Crippen molar-refractivity contribution in [3.63, 3.8) is 0 Å². The van der Waals surface area contributed by atoms with Crippen LogP contribution in [0.2, 0.25) is 0 Å². The molecule has 8 heteroatoms. The second-order valence-corrected chi connectivity index (χ2v) is 9.80. The van der Waals surface area contributed by atoms with Gasteiger partial charge in [0, 0.05) is 23.9 Å². The molecule has 5 rings (SSSR count). The Hall–Kier alpha value is -3.26. The van der Waals surface area contributed by atoms with Crippen molar-refractivity contribution in [1.82, 2.24) is 14.9 Å². The third-order valence-corrected chi connectivity index (χ3v) is 7.28. The van der Waals surface area contributed by atoms with Crippen molar-refractivity contribution in [3.8, 4) is 22.7 Å². The summed E-state index contributed by atoms with van der Waals surface area (Å²) in [7, 11) is 0. The summed E-state index contributed by atoms with van der Waals surface area (Å²) in [5.74, 6) is 2.77. The van der Waals surface area contributed by atoms with Crippen LogP contribution in [0.4, 0.5) is 4.39 Å². The van der Waals surface area contributed by atoms with Gasteiger partial charge in [0.25, 0.3) is 5.91 Å². The van der Waals surface area contributed by atoms with Crippen LogP contribution in [0.1, 0.15) is 54.5 Å². The highest BCUT2D eigenvalue weighted by molar-refractivity contribution is 7.98. The first-order valence-corrected chi connectivity index (χ1v) is 13.2. The van der Waals surface area contributed by atoms with E-state index in [0.29, 0.717) is 18.3 Å². The number of carbonyl (C=O) groups is 1. The smallest absolute Gasteiger partial charge is 0.287 e. The minimum atomic E-state index is -0.290. The first-order valence-electron chi connectivity index (χ1n) is 12.0. The molecule has 4 aromatic rings. The molecule has 1 aromatic carbocycles. The van der Waals surface area contributed by atoms with Gasteiger partial charge in [0.15, 0.2) is 11.5 Å². The number of nitrogens with zero attached hydrogens (tertiary/aromatic N) is 2. The molecule has 1 N–H and O–H groups in total. The average Bonchev–Trinajstić information content (AvgIpc) is 3.65. The number of nitrogens with one attached hydrogen (secondary N) is 1. The summed E-state index contributed by atoms with van der Waals surface area (Å²) < 4.78 is 27.1. The number of furan rings is 2. The number of imidazole rings is 1. The van der Waals surface area contributed by atoms with Crippen LogP contribution in [-0.2, 0) is 5.75 Å². The van der Waals surface area contributed by atoms with E-state index < -0.39 is 0 Å². The van der Waals surface area contributed by atoms with E-state index in [-0.39, 0.29) is 17.5 Å². The Morgan fingerprint density at radius 1 is 1.11 bits per heavy atom. The number of hydrogen-bond donors (Lipinski definition) is 1. The standard InChI is InChI=1S/C27H28FN3O3S/c28-20-10-8-19(9-11-20)25-26(31(18-30-25)21-5-2-1-3-6-21)23-12-13-24(34-23)27(32)29-14-16-35-17-22-7-4-15-33-22/h4,7-13,15,18,21H,1-3,5-6,14,16-17H2,(H,29,32). The van der Waals surface area contributed by atoms with E-state index in [1.807, 2.05) is 24.5 Å². The molecule has 3 heterocycles. The molecule has 0 saturated heterocycles. The zero-order valence-corrected chi connectivity index (χ0v) is 20.2. The van der Waals surface area contributed by atoms with Crippen LogP contribution in [-0.4, -0.2) is 27.8 Å². The highest BCUT2D eigenvalue weighted by Crippen LogP contribution is 2.38. The Kier molecular flexibility index (Phi) is 7.37. The zero-order chi connectivity index (χ0) is 24.0. The number of aromatic nitrogens is 2. The summed E-state index contributed by atoms with van der Waals surface area (Å²) in [6.07, 6.45) is 9.27. The molecule has 3 aromatic heterocycles. The Bertz CT molecular complexity index is 1240. The molecule has 182 valence electrons. The Morgan fingerprint density at radius 3 is 2.71 bits per heavy atom. The molecule has 1 fully saturated rings. The zero-order valence-electron chi connectivity index (χ0n) is 19.4. The number of thioether (sulfide) groups is 1. The molecule has 0 unspecified atom stereocenters. The fraction of sp³-hybridized carbons (Fsp3) is 0.333. The molecule has 1 saturated carbocycles. The number of hydrogen-bond acceptors (Lipinski definition) is 5. The third kappa shape index (κ3) is 5.53. The van der Waals surface area contributed by atoms with Crippen molar-refractivity contribution in [2.75, 3.05) is 12.3 Å². The lowest BCUT2D eigenvalue weighted by Crippen LogP contribution is -2.25. The Morgan fingerprint density at radius 2 is 1.94 bits per heavy atom. The second-order valence-electron chi connectivity index (χ2n) is 8.70. The summed E-state index contributed by atoms with van der Waals surface area (Å²) in [5.41, 5.74) is 2.37. The summed E-state index contributed by atoms with van der Waals surface area (Å²) in [5, 5.41) is 2.92. The van der Waals surface area contributed by atoms with E-state index in [0.717, 1.165) is 47.1 Å². The van der Waals surface area contributed by atoms with Gasteiger partial charge in [0.1, 0.15) is 17.3 Å². The maximum atomic E-state index is 13.5. The van der Waals surface area contributed by atoms with Crippen molar-refractivity contribution in [3.05, 3.63) is 78.5 Å². The van der Waals surface area contributed by atoms with Crippen LogP contribution in [0.15, 0.2) is 70.0 Å². The van der Waals surface area contributed by atoms with Crippen LogP contribution in [0.25, 0.3) is 22.7 Å². The maximum absolute atomic E-state index is 13.5. The predicted octanol–water partition coefficient (Wildman–Crippen LogP) is 6.71. The maximum Gasteiger partial charge on any atom is 0.287 e. The fourth-order valence-electron chi connectivity index (χ4n) is 4.54.